The molecule has 0 radical (unpaired) electrons. The van der Waals surface area contributed by atoms with E-state index < -0.39 is 5.97 Å². The average Bonchev–Trinajstić information content (AvgIpc) is 2.65. The summed E-state index contributed by atoms with van der Waals surface area (Å²) in [7, 11) is 0. The Labute approximate surface area is 162 Å². The number of unbranched alkanes of at least 4 members (excludes halogenated alkanes) is 5. The number of allylic oxidation sites excluding steroid dienone is 1. The molecule has 0 heterocycles. The standard InChI is InChI=1S/C24H32O3/c1-4-6-7-8-9-10-11-22-21-15-13-19(25)16-18(21)12-14-23(22)20(5-2)17(3)24(26)27/h12-16,25H,4-11H2,1-3H3,(H,26,27)/b20-17+. The van der Waals surface area contributed by atoms with E-state index in [9.17, 15) is 15.0 Å². The molecule has 0 aliphatic heterocycles. The molecule has 2 rings (SSSR count). The first-order chi connectivity index (χ1) is 13.0. The molecule has 0 atom stereocenters. The molecule has 0 amide bonds. The summed E-state index contributed by atoms with van der Waals surface area (Å²) < 4.78 is 0. The first-order valence-electron chi connectivity index (χ1n) is 10.2. The summed E-state index contributed by atoms with van der Waals surface area (Å²) in [6.07, 6.45) is 8.97. The van der Waals surface area contributed by atoms with Gasteiger partial charge < -0.3 is 10.2 Å². The van der Waals surface area contributed by atoms with Crippen LogP contribution in [-0.2, 0) is 11.2 Å². The number of fused-ring (bicyclic) bond motifs is 1. The van der Waals surface area contributed by atoms with Gasteiger partial charge in [0.25, 0.3) is 0 Å². The molecular weight excluding hydrogens is 336 g/mol. The molecule has 0 fully saturated rings. The third-order valence-corrected chi connectivity index (χ3v) is 5.35. The SMILES string of the molecule is CCCCCCCCc1c(/C(CC)=C(\C)C(=O)O)ccc2cc(O)ccc12. The van der Waals surface area contributed by atoms with E-state index in [0.717, 1.165) is 34.8 Å². The number of phenolic OH excluding ortho intramolecular Hbond substituents is 1. The zero-order valence-electron chi connectivity index (χ0n) is 16.8. The molecule has 0 spiro atoms. The van der Waals surface area contributed by atoms with Gasteiger partial charge in [-0.05, 0) is 65.8 Å². The van der Waals surface area contributed by atoms with E-state index in [-0.39, 0.29) is 5.75 Å². The van der Waals surface area contributed by atoms with Crippen molar-refractivity contribution in [2.45, 2.75) is 72.1 Å². The number of aryl methyl sites for hydroxylation is 1. The minimum Gasteiger partial charge on any atom is -0.508 e. The van der Waals surface area contributed by atoms with Crippen LogP contribution in [0.1, 0.15) is 76.8 Å². The third-order valence-electron chi connectivity index (χ3n) is 5.35. The maximum absolute atomic E-state index is 11.6. The van der Waals surface area contributed by atoms with Crippen molar-refractivity contribution in [3.8, 4) is 5.75 Å². The molecule has 0 unspecified atom stereocenters. The quantitative estimate of drug-likeness (QED) is 0.361. The smallest absolute Gasteiger partial charge is 0.331 e. The minimum atomic E-state index is -0.858. The number of aliphatic carboxylic acids is 1. The Morgan fingerprint density at radius 3 is 2.33 bits per heavy atom. The van der Waals surface area contributed by atoms with E-state index in [1.54, 1.807) is 19.1 Å². The van der Waals surface area contributed by atoms with E-state index in [1.165, 1.54) is 37.7 Å². The fourth-order valence-electron chi connectivity index (χ4n) is 3.80. The van der Waals surface area contributed by atoms with Gasteiger partial charge in [0.2, 0.25) is 0 Å². The van der Waals surface area contributed by atoms with Gasteiger partial charge in [0.05, 0.1) is 0 Å². The largest absolute Gasteiger partial charge is 0.508 e. The van der Waals surface area contributed by atoms with Gasteiger partial charge in [-0.3, -0.25) is 0 Å². The summed E-state index contributed by atoms with van der Waals surface area (Å²) in [6, 6.07) is 9.48. The number of benzene rings is 2. The van der Waals surface area contributed by atoms with Crippen molar-refractivity contribution >= 4 is 22.3 Å². The van der Waals surface area contributed by atoms with Crippen LogP contribution in [0.4, 0.5) is 0 Å². The van der Waals surface area contributed by atoms with Crippen molar-refractivity contribution in [1.82, 2.24) is 0 Å². The van der Waals surface area contributed by atoms with Gasteiger partial charge in [-0.15, -0.1) is 0 Å². The molecule has 27 heavy (non-hydrogen) atoms. The van der Waals surface area contributed by atoms with Crippen LogP contribution in [0.2, 0.25) is 0 Å². The monoisotopic (exact) mass is 368 g/mol. The van der Waals surface area contributed by atoms with Crippen LogP contribution in [0, 0.1) is 0 Å². The highest BCUT2D eigenvalue weighted by atomic mass is 16.4. The van der Waals surface area contributed by atoms with E-state index in [2.05, 4.69) is 6.92 Å². The zero-order valence-corrected chi connectivity index (χ0v) is 16.8. The predicted molar refractivity (Wildman–Crippen MR) is 113 cm³/mol. The lowest BCUT2D eigenvalue weighted by Gasteiger charge is -2.17. The molecule has 146 valence electrons. The molecule has 3 heteroatoms. The van der Waals surface area contributed by atoms with Crippen LogP contribution in [0.25, 0.3) is 16.3 Å². The van der Waals surface area contributed by atoms with E-state index >= 15 is 0 Å². The highest BCUT2D eigenvalue weighted by Crippen LogP contribution is 2.33. The molecule has 2 N–H and O–H groups in total. The van der Waals surface area contributed by atoms with Gasteiger partial charge in [0, 0.05) is 5.57 Å². The lowest BCUT2D eigenvalue weighted by Crippen LogP contribution is -2.03. The van der Waals surface area contributed by atoms with Crippen LogP contribution in [-0.4, -0.2) is 16.2 Å². The Morgan fingerprint density at radius 2 is 1.67 bits per heavy atom. The molecule has 0 bridgehead atoms. The van der Waals surface area contributed by atoms with Crippen LogP contribution < -0.4 is 0 Å². The van der Waals surface area contributed by atoms with E-state index in [4.69, 9.17) is 0 Å². The maximum atomic E-state index is 11.6. The van der Waals surface area contributed by atoms with Gasteiger partial charge in [-0.25, -0.2) is 4.79 Å². The number of rotatable bonds is 10. The Kier molecular flexibility index (Phi) is 7.90. The molecule has 2 aromatic carbocycles. The van der Waals surface area contributed by atoms with Gasteiger partial charge >= 0.3 is 5.97 Å². The molecule has 0 aliphatic carbocycles. The second-order valence-electron chi connectivity index (χ2n) is 7.28. The average molecular weight is 369 g/mol. The summed E-state index contributed by atoms with van der Waals surface area (Å²) in [6.45, 7) is 5.93. The van der Waals surface area contributed by atoms with Crippen molar-refractivity contribution in [2.24, 2.45) is 0 Å². The highest BCUT2D eigenvalue weighted by Gasteiger charge is 2.16. The molecule has 3 nitrogen and oxygen atoms in total. The molecule has 0 saturated heterocycles. The topological polar surface area (TPSA) is 57.5 Å². The second kappa shape index (κ2) is 10.1. The van der Waals surface area contributed by atoms with Gasteiger partial charge in [0.1, 0.15) is 5.75 Å². The van der Waals surface area contributed by atoms with Crippen molar-refractivity contribution < 1.29 is 15.0 Å². The first kappa shape index (κ1) is 21.0. The van der Waals surface area contributed by atoms with Crippen LogP contribution in [0.15, 0.2) is 35.9 Å². The zero-order chi connectivity index (χ0) is 19.8. The number of aromatic hydroxyl groups is 1. The third kappa shape index (κ3) is 5.35. The van der Waals surface area contributed by atoms with E-state index in [1.807, 2.05) is 25.1 Å². The second-order valence-corrected chi connectivity index (χ2v) is 7.28. The highest BCUT2D eigenvalue weighted by molar-refractivity contribution is 5.99. The van der Waals surface area contributed by atoms with Crippen LogP contribution >= 0.6 is 0 Å². The lowest BCUT2D eigenvalue weighted by atomic mass is 9.88. The Balaban J connectivity index is 2.42. The number of hydrogen-bond acceptors (Lipinski definition) is 2. The van der Waals surface area contributed by atoms with Crippen molar-refractivity contribution in [1.29, 1.82) is 0 Å². The Bertz CT molecular complexity index is 818. The number of carbonyl (C=O) groups is 1. The summed E-state index contributed by atoms with van der Waals surface area (Å²) in [4.78, 5) is 11.6. The Hall–Kier alpha value is -2.29. The van der Waals surface area contributed by atoms with Gasteiger partial charge in [0.15, 0.2) is 0 Å². The van der Waals surface area contributed by atoms with Crippen molar-refractivity contribution in [3.05, 3.63) is 47.0 Å². The molecule has 0 saturated carbocycles. The van der Waals surface area contributed by atoms with E-state index in [0.29, 0.717) is 12.0 Å². The predicted octanol–water partition coefficient (Wildman–Crippen LogP) is 6.72. The van der Waals surface area contributed by atoms with Crippen LogP contribution in [0.3, 0.4) is 0 Å². The molecular formula is C24H32O3. The molecule has 0 aromatic heterocycles. The maximum Gasteiger partial charge on any atom is 0.331 e. The molecule has 0 aliphatic rings. The van der Waals surface area contributed by atoms with Crippen molar-refractivity contribution in [3.63, 3.8) is 0 Å². The summed E-state index contributed by atoms with van der Waals surface area (Å²) >= 11 is 0. The summed E-state index contributed by atoms with van der Waals surface area (Å²) in [5, 5.41) is 21.4. The number of hydrogen-bond donors (Lipinski definition) is 2. The summed E-state index contributed by atoms with van der Waals surface area (Å²) in [5.41, 5.74) is 3.57. The summed E-state index contributed by atoms with van der Waals surface area (Å²) in [5.74, 6) is -0.600. The van der Waals surface area contributed by atoms with Crippen LogP contribution in [0.5, 0.6) is 5.75 Å². The number of carboxylic acids is 1. The van der Waals surface area contributed by atoms with Gasteiger partial charge in [-0.1, -0.05) is 64.2 Å². The number of carboxylic acid groups (broad SMARTS) is 1. The van der Waals surface area contributed by atoms with Crippen molar-refractivity contribution in [2.75, 3.05) is 0 Å². The normalized spacial score (nSPS) is 12.3. The lowest BCUT2D eigenvalue weighted by molar-refractivity contribution is -0.132. The fraction of sp³-hybridized carbons (Fsp3) is 0.458. The Morgan fingerprint density at radius 1 is 0.963 bits per heavy atom. The number of phenols is 1. The first-order valence-corrected chi connectivity index (χ1v) is 10.2. The minimum absolute atomic E-state index is 0.258. The van der Waals surface area contributed by atoms with Gasteiger partial charge in [-0.2, -0.15) is 0 Å². The fourth-order valence-corrected chi connectivity index (χ4v) is 3.80. The molecule has 2 aromatic rings.